The molecule has 3 aromatic carbocycles. The predicted molar refractivity (Wildman–Crippen MR) is 140 cm³/mol. The summed E-state index contributed by atoms with van der Waals surface area (Å²) in [5.41, 5.74) is 6.10. The van der Waals surface area contributed by atoms with Crippen molar-refractivity contribution in [2.24, 2.45) is 0 Å². The van der Waals surface area contributed by atoms with E-state index in [1.807, 2.05) is 66.7 Å². The highest BCUT2D eigenvalue weighted by atomic mass is 16.2. The Labute approximate surface area is 208 Å². The molecule has 36 heavy (non-hydrogen) atoms. The molecule has 0 aliphatic carbocycles. The molecule has 4 aromatic rings. The zero-order chi connectivity index (χ0) is 24.9. The number of pyridine rings is 1. The van der Waals surface area contributed by atoms with Crippen molar-refractivity contribution in [3.63, 3.8) is 0 Å². The summed E-state index contributed by atoms with van der Waals surface area (Å²) in [6.07, 6.45) is 3.58. The van der Waals surface area contributed by atoms with Gasteiger partial charge in [0.2, 0.25) is 5.91 Å². The summed E-state index contributed by atoms with van der Waals surface area (Å²) < 4.78 is 0. The second-order valence-corrected chi connectivity index (χ2v) is 8.23. The molecule has 0 unspecified atom stereocenters. The summed E-state index contributed by atoms with van der Waals surface area (Å²) in [5.74, 6) is -0.364. The quantitative estimate of drug-likeness (QED) is 0.341. The lowest BCUT2D eigenvalue weighted by molar-refractivity contribution is -0.115. The third kappa shape index (κ3) is 4.83. The monoisotopic (exact) mass is 471 g/mol. The summed E-state index contributed by atoms with van der Waals surface area (Å²) >= 11 is 0. The second-order valence-electron chi connectivity index (χ2n) is 8.23. The molecule has 7 nitrogen and oxygen atoms in total. The number of amides is 2. The van der Waals surface area contributed by atoms with Gasteiger partial charge in [-0.3, -0.25) is 14.6 Å². The van der Waals surface area contributed by atoms with E-state index in [1.54, 1.807) is 30.6 Å². The number of carbonyl (C=O) groups is 2. The minimum Gasteiger partial charge on any atom is -0.354 e. The van der Waals surface area contributed by atoms with Gasteiger partial charge in [-0.2, -0.15) is 5.26 Å². The van der Waals surface area contributed by atoms with Crippen molar-refractivity contribution in [1.29, 1.82) is 5.26 Å². The average Bonchev–Trinajstić information content (AvgIpc) is 3.23. The number of nitrogens with one attached hydrogen (secondary N) is 3. The van der Waals surface area contributed by atoms with Gasteiger partial charge >= 0.3 is 0 Å². The van der Waals surface area contributed by atoms with Crippen LogP contribution in [0.4, 0.5) is 17.1 Å². The van der Waals surface area contributed by atoms with E-state index < -0.39 is 0 Å². The molecule has 1 aliphatic heterocycles. The van der Waals surface area contributed by atoms with Gasteiger partial charge in [0.1, 0.15) is 0 Å². The zero-order valence-corrected chi connectivity index (χ0v) is 19.2. The molecule has 0 radical (unpaired) electrons. The summed E-state index contributed by atoms with van der Waals surface area (Å²) in [6, 6.07) is 27.8. The first-order valence-electron chi connectivity index (χ1n) is 11.3. The van der Waals surface area contributed by atoms with E-state index >= 15 is 0 Å². The van der Waals surface area contributed by atoms with Crippen LogP contribution in [0.3, 0.4) is 0 Å². The standard InChI is InChI=1S/C29H21N5O2/c30-18-20-6-11-24-25(16-20)34-29(36)27(24)28(21-4-2-1-3-5-21)33-23-9-7-22(8-10-23)32-26(35)17-19-12-14-31-15-13-19/h1-16,33H,17H2,(H,32,35)(H,34,36)/b28-27-. The number of hydrogen-bond donors (Lipinski definition) is 3. The molecule has 2 heterocycles. The molecule has 0 spiro atoms. The number of rotatable bonds is 6. The zero-order valence-electron chi connectivity index (χ0n) is 19.2. The maximum atomic E-state index is 13.0. The maximum Gasteiger partial charge on any atom is 0.258 e. The Balaban J connectivity index is 1.42. The second kappa shape index (κ2) is 9.95. The number of anilines is 3. The van der Waals surface area contributed by atoms with E-state index in [1.165, 1.54) is 0 Å². The van der Waals surface area contributed by atoms with Gasteiger partial charge in [0.25, 0.3) is 5.91 Å². The number of carbonyl (C=O) groups excluding carboxylic acids is 2. The van der Waals surface area contributed by atoms with Gasteiger partial charge in [-0.25, -0.2) is 0 Å². The molecular formula is C29H21N5O2. The first kappa shape index (κ1) is 22.6. The molecule has 0 fully saturated rings. The van der Waals surface area contributed by atoms with Crippen LogP contribution in [0, 0.1) is 11.3 Å². The van der Waals surface area contributed by atoms with E-state index in [9.17, 15) is 14.9 Å². The average molecular weight is 472 g/mol. The molecule has 0 saturated carbocycles. The lowest BCUT2D eigenvalue weighted by Gasteiger charge is -2.15. The summed E-state index contributed by atoms with van der Waals surface area (Å²) in [7, 11) is 0. The Bertz CT molecular complexity index is 1510. The van der Waals surface area contributed by atoms with Crippen molar-refractivity contribution in [2.75, 3.05) is 16.0 Å². The van der Waals surface area contributed by atoms with Crippen LogP contribution in [0.1, 0.15) is 22.3 Å². The molecule has 1 aliphatic rings. The fourth-order valence-corrected chi connectivity index (χ4v) is 4.05. The Morgan fingerprint density at radius 2 is 1.58 bits per heavy atom. The van der Waals surface area contributed by atoms with E-state index in [4.69, 9.17) is 0 Å². The number of aromatic nitrogens is 1. The van der Waals surface area contributed by atoms with Gasteiger partial charge in [-0.1, -0.05) is 36.4 Å². The van der Waals surface area contributed by atoms with E-state index in [-0.39, 0.29) is 18.2 Å². The van der Waals surface area contributed by atoms with Crippen molar-refractivity contribution >= 4 is 40.1 Å². The normalized spacial score (nSPS) is 13.2. The van der Waals surface area contributed by atoms with E-state index in [0.717, 1.165) is 22.4 Å². The van der Waals surface area contributed by atoms with Crippen LogP contribution in [0.2, 0.25) is 0 Å². The minimum atomic E-state index is -0.244. The smallest absolute Gasteiger partial charge is 0.258 e. The van der Waals surface area contributed by atoms with E-state index in [2.05, 4.69) is 27.0 Å². The largest absolute Gasteiger partial charge is 0.354 e. The van der Waals surface area contributed by atoms with Crippen LogP contribution in [-0.4, -0.2) is 16.8 Å². The van der Waals surface area contributed by atoms with Gasteiger partial charge in [0.15, 0.2) is 0 Å². The highest BCUT2D eigenvalue weighted by molar-refractivity contribution is 6.37. The van der Waals surface area contributed by atoms with Gasteiger partial charge in [0.05, 0.1) is 35.0 Å². The minimum absolute atomic E-state index is 0.120. The molecule has 2 amide bonds. The molecule has 174 valence electrons. The van der Waals surface area contributed by atoms with Crippen molar-refractivity contribution in [2.45, 2.75) is 6.42 Å². The third-order valence-corrected chi connectivity index (χ3v) is 5.76. The maximum absolute atomic E-state index is 13.0. The fourth-order valence-electron chi connectivity index (χ4n) is 4.05. The Kier molecular flexibility index (Phi) is 6.24. The molecule has 0 saturated heterocycles. The molecule has 0 atom stereocenters. The van der Waals surface area contributed by atoms with Gasteiger partial charge in [0, 0.05) is 29.3 Å². The molecule has 7 heteroatoms. The van der Waals surface area contributed by atoms with Crippen LogP contribution >= 0.6 is 0 Å². The van der Waals surface area contributed by atoms with Crippen LogP contribution in [0.25, 0.3) is 11.3 Å². The summed E-state index contributed by atoms with van der Waals surface area (Å²) in [4.78, 5) is 29.4. The van der Waals surface area contributed by atoms with Crippen LogP contribution in [0.15, 0.2) is 97.3 Å². The molecule has 5 rings (SSSR count). The highest BCUT2D eigenvalue weighted by Gasteiger charge is 2.28. The van der Waals surface area contributed by atoms with Gasteiger partial charge in [-0.15, -0.1) is 0 Å². The number of hydrogen-bond acceptors (Lipinski definition) is 5. The first-order chi connectivity index (χ1) is 17.6. The molecule has 0 bridgehead atoms. The van der Waals surface area contributed by atoms with Crippen molar-refractivity contribution in [1.82, 2.24) is 4.98 Å². The number of nitrogens with zero attached hydrogens (tertiary/aromatic N) is 2. The van der Waals surface area contributed by atoms with Crippen LogP contribution in [0.5, 0.6) is 0 Å². The van der Waals surface area contributed by atoms with Crippen LogP contribution in [-0.2, 0) is 16.0 Å². The lowest BCUT2D eigenvalue weighted by Crippen LogP contribution is -2.14. The number of fused-ring (bicyclic) bond motifs is 1. The highest BCUT2D eigenvalue weighted by Crippen LogP contribution is 2.38. The third-order valence-electron chi connectivity index (χ3n) is 5.76. The molecular weight excluding hydrogens is 450 g/mol. The topological polar surface area (TPSA) is 107 Å². The Hall–Kier alpha value is -5.22. The van der Waals surface area contributed by atoms with Crippen molar-refractivity contribution in [3.05, 3.63) is 120 Å². The summed E-state index contributed by atoms with van der Waals surface area (Å²) in [6.45, 7) is 0. The van der Waals surface area contributed by atoms with Gasteiger partial charge < -0.3 is 16.0 Å². The predicted octanol–water partition coefficient (Wildman–Crippen LogP) is 5.07. The summed E-state index contributed by atoms with van der Waals surface area (Å²) in [5, 5.41) is 18.4. The lowest BCUT2D eigenvalue weighted by atomic mass is 9.99. The fraction of sp³-hybridized carbons (Fsp3) is 0.0345. The first-order valence-corrected chi connectivity index (χ1v) is 11.3. The SMILES string of the molecule is N#Cc1ccc2c(c1)NC(=O)/C2=C(\Nc1ccc(NC(=O)Cc2ccncc2)cc1)c1ccccc1. The number of benzene rings is 3. The number of nitriles is 1. The molecule has 1 aromatic heterocycles. The van der Waals surface area contributed by atoms with E-state index in [0.29, 0.717) is 28.2 Å². The van der Waals surface area contributed by atoms with Crippen molar-refractivity contribution in [3.8, 4) is 6.07 Å². The Morgan fingerprint density at radius 3 is 2.28 bits per heavy atom. The van der Waals surface area contributed by atoms with Gasteiger partial charge in [-0.05, 0) is 59.7 Å². The molecule has 3 N–H and O–H groups in total. The van der Waals surface area contributed by atoms with Crippen LogP contribution < -0.4 is 16.0 Å². The Morgan fingerprint density at radius 1 is 0.889 bits per heavy atom. The van der Waals surface area contributed by atoms with Crippen molar-refractivity contribution < 1.29 is 9.59 Å².